The van der Waals surface area contributed by atoms with Gasteiger partial charge < -0.3 is 10.2 Å². The van der Waals surface area contributed by atoms with Crippen LogP contribution in [0.25, 0.3) is 0 Å². The molecule has 1 atom stereocenters. The van der Waals surface area contributed by atoms with Crippen LogP contribution in [0.2, 0.25) is 0 Å². The lowest BCUT2D eigenvalue weighted by Gasteiger charge is -2.36. The van der Waals surface area contributed by atoms with E-state index < -0.39 is 0 Å². The summed E-state index contributed by atoms with van der Waals surface area (Å²) >= 11 is 2.14. The Balaban J connectivity index is 1.68. The predicted molar refractivity (Wildman–Crippen MR) is 77.8 cm³/mol. The quantitative estimate of drug-likeness (QED) is 0.814. The van der Waals surface area contributed by atoms with Gasteiger partial charge in [0.25, 0.3) is 0 Å². The first kappa shape index (κ1) is 13.7. The first-order chi connectivity index (χ1) is 8.38. The van der Waals surface area contributed by atoms with E-state index in [1.165, 1.54) is 69.8 Å². The van der Waals surface area contributed by atoms with Gasteiger partial charge in [0, 0.05) is 19.1 Å². The zero-order valence-electron chi connectivity index (χ0n) is 11.3. The predicted octanol–water partition coefficient (Wildman–Crippen LogP) is 2.59. The largest absolute Gasteiger partial charge is 0.313 e. The fourth-order valence-corrected chi connectivity index (χ4v) is 4.23. The molecule has 3 heteroatoms. The van der Waals surface area contributed by atoms with E-state index in [2.05, 4.69) is 28.9 Å². The lowest BCUT2D eigenvalue weighted by atomic mass is 9.99. The molecule has 2 fully saturated rings. The lowest BCUT2D eigenvalue weighted by Crippen LogP contribution is -2.47. The fraction of sp³-hybridized carbons (Fsp3) is 1.00. The summed E-state index contributed by atoms with van der Waals surface area (Å²) < 4.78 is 0. The Labute approximate surface area is 111 Å². The summed E-state index contributed by atoms with van der Waals surface area (Å²) in [6.07, 6.45) is 6.94. The van der Waals surface area contributed by atoms with Crippen molar-refractivity contribution in [2.75, 3.05) is 37.7 Å². The van der Waals surface area contributed by atoms with E-state index in [1.807, 2.05) is 0 Å². The van der Waals surface area contributed by atoms with Gasteiger partial charge in [0.2, 0.25) is 0 Å². The van der Waals surface area contributed by atoms with Crippen LogP contribution in [0, 0.1) is 5.92 Å². The average molecular weight is 256 g/mol. The number of thioether (sulfide) groups is 1. The number of likely N-dealkylation sites (tertiary alicyclic amines) is 1. The monoisotopic (exact) mass is 256 g/mol. The van der Waals surface area contributed by atoms with Gasteiger partial charge in [0.15, 0.2) is 0 Å². The smallest absolute Gasteiger partial charge is 0.0195 e. The summed E-state index contributed by atoms with van der Waals surface area (Å²) in [6.45, 7) is 7.45. The van der Waals surface area contributed by atoms with Gasteiger partial charge in [-0.25, -0.2) is 0 Å². The Morgan fingerprint density at radius 2 is 2.06 bits per heavy atom. The van der Waals surface area contributed by atoms with Gasteiger partial charge in [-0.05, 0) is 62.6 Å². The molecule has 2 heterocycles. The Morgan fingerprint density at radius 3 is 2.82 bits per heavy atom. The van der Waals surface area contributed by atoms with Crippen molar-refractivity contribution in [1.82, 2.24) is 10.2 Å². The van der Waals surface area contributed by atoms with Gasteiger partial charge in [-0.1, -0.05) is 6.92 Å². The van der Waals surface area contributed by atoms with Crippen molar-refractivity contribution in [2.45, 2.75) is 45.1 Å². The third kappa shape index (κ3) is 4.80. The Bertz CT molecular complexity index is 204. The average Bonchev–Trinajstić information content (AvgIpc) is 2.38. The minimum absolute atomic E-state index is 0.765. The summed E-state index contributed by atoms with van der Waals surface area (Å²) in [5.74, 6) is 3.78. The van der Waals surface area contributed by atoms with Crippen molar-refractivity contribution >= 4 is 11.8 Å². The maximum absolute atomic E-state index is 3.69. The van der Waals surface area contributed by atoms with Crippen LogP contribution < -0.4 is 5.32 Å². The Hall–Kier alpha value is 0.270. The van der Waals surface area contributed by atoms with E-state index in [9.17, 15) is 0 Å². The molecule has 0 bridgehead atoms. The normalized spacial score (nSPS) is 28.4. The van der Waals surface area contributed by atoms with E-state index in [0.717, 1.165) is 12.0 Å². The molecule has 0 aliphatic carbocycles. The van der Waals surface area contributed by atoms with Crippen LogP contribution in [-0.4, -0.2) is 48.6 Å². The standard InChI is InChI=1S/C14H28N2S/c1-2-7-15-14-4-3-8-16(12-14)11-13-5-9-17-10-6-13/h13-15H,2-12H2,1H3. The highest BCUT2D eigenvalue weighted by Gasteiger charge is 2.22. The van der Waals surface area contributed by atoms with E-state index in [-0.39, 0.29) is 0 Å². The van der Waals surface area contributed by atoms with Gasteiger partial charge in [0.05, 0.1) is 0 Å². The molecule has 0 amide bonds. The lowest BCUT2D eigenvalue weighted by molar-refractivity contribution is 0.162. The Kier molecular flexibility index (Phi) is 6.16. The van der Waals surface area contributed by atoms with Crippen molar-refractivity contribution in [3.8, 4) is 0 Å². The minimum atomic E-state index is 0.765. The molecule has 0 aromatic carbocycles. The SMILES string of the molecule is CCCNC1CCCN(CC2CCSCC2)C1. The highest BCUT2D eigenvalue weighted by atomic mass is 32.2. The molecule has 1 N–H and O–H groups in total. The molecule has 2 rings (SSSR count). The van der Waals surface area contributed by atoms with Crippen molar-refractivity contribution in [1.29, 1.82) is 0 Å². The summed E-state index contributed by atoms with van der Waals surface area (Å²) in [6, 6.07) is 0.765. The Morgan fingerprint density at radius 1 is 1.24 bits per heavy atom. The van der Waals surface area contributed by atoms with E-state index in [1.54, 1.807) is 0 Å². The van der Waals surface area contributed by atoms with E-state index >= 15 is 0 Å². The van der Waals surface area contributed by atoms with E-state index in [4.69, 9.17) is 0 Å². The van der Waals surface area contributed by atoms with Gasteiger partial charge in [0.1, 0.15) is 0 Å². The molecule has 17 heavy (non-hydrogen) atoms. The second-order valence-electron chi connectivity index (χ2n) is 5.61. The number of hydrogen-bond donors (Lipinski definition) is 1. The summed E-state index contributed by atoms with van der Waals surface area (Å²) in [5.41, 5.74) is 0. The number of rotatable bonds is 5. The third-order valence-electron chi connectivity index (χ3n) is 4.05. The van der Waals surface area contributed by atoms with Crippen molar-refractivity contribution in [3.63, 3.8) is 0 Å². The maximum atomic E-state index is 3.69. The maximum Gasteiger partial charge on any atom is 0.0195 e. The molecule has 2 aliphatic rings. The molecule has 2 aliphatic heterocycles. The van der Waals surface area contributed by atoms with Crippen LogP contribution in [0.15, 0.2) is 0 Å². The highest BCUT2D eigenvalue weighted by Crippen LogP contribution is 2.24. The number of nitrogens with zero attached hydrogens (tertiary/aromatic N) is 1. The molecule has 0 saturated carbocycles. The van der Waals surface area contributed by atoms with Crippen molar-refractivity contribution in [3.05, 3.63) is 0 Å². The number of piperidine rings is 1. The first-order valence-corrected chi connectivity index (χ1v) is 8.57. The van der Waals surface area contributed by atoms with Gasteiger partial charge in [-0.3, -0.25) is 0 Å². The third-order valence-corrected chi connectivity index (χ3v) is 5.09. The molecule has 2 nitrogen and oxygen atoms in total. The molecule has 0 radical (unpaired) electrons. The summed E-state index contributed by atoms with van der Waals surface area (Å²) in [5, 5.41) is 3.69. The topological polar surface area (TPSA) is 15.3 Å². The van der Waals surface area contributed by atoms with Crippen LogP contribution in [0.4, 0.5) is 0 Å². The molecule has 0 aromatic heterocycles. The molecular weight excluding hydrogens is 228 g/mol. The molecule has 0 spiro atoms. The zero-order valence-corrected chi connectivity index (χ0v) is 12.1. The van der Waals surface area contributed by atoms with Gasteiger partial charge >= 0.3 is 0 Å². The fourth-order valence-electron chi connectivity index (χ4n) is 3.03. The van der Waals surface area contributed by atoms with Crippen LogP contribution in [-0.2, 0) is 0 Å². The summed E-state index contributed by atoms with van der Waals surface area (Å²) in [7, 11) is 0. The van der Waals surface area contributed by atoms with E-state index in [0.29, 0.717) is 0 Å². The van der Waals surface area contributed by atoms with Gasteiger partial charge in [-0.15, -0.1) is 0 Å². The zero-order chi connectivity index (χ0) is 11.9. The second-order valence-corrected chi connectivity index (χ2v) is 6.83. The highest BCUT2D eigenvalue weighted by molar-refractivity contribution is 7.99. The van der Waals surface area contributed by atoms with Crippen LogP contribution in [0.1, 0.15) is 39.0 Å². The molecule has 0 aromatic rings. The van der Waals surface area contributed by atoms with Crippen LogP contribution in [0.3, 0.4) is 0 Å². The van der Waals surface area contributed by atoms with Crippen molar-refractivity contribution < 1.29 is 0 Å². The molecule has 100 valence electrons. The first-order valence-electron chi connectivity index (χ1n) is 7.42. The molecular formula is C14H28N2S. The molecule has 1 unspecified atom stereocenters. The minimum Gasteiger partial charge on any atom is -0.313 e. The molecule has 2 saturated heterocycles. The van der Waals surface area contributed by atoms with Crippen LogP contribution >= 0.6 is 11.8 Å². The van der Waals surface area contributed by atoms with Gasteiger partial charge in [-0.2, -0.15) is 11.8 Å². The number of hydrogen-bond acceptors (Lipinski definition) is 3. The van der Waals surface area contributed by atoms with Crippen LogP contribution in [0.5, 0.6) is 0 Å². The van der Waals surface area contributed by atoms with Crippen molar-refractivity contribution in [2.24, 2.45) is 5.92 Å². The number of nitrogens with one attached hydrogen (secondary N) is 1. The second kappa shape index (κ2) is 7.65. The summed E-state index contributed by atoms with van der Waals surface area (Å²) in [4.78, 5) is 2.72.